The molecule has 0 bridgehead atoms. The fraction of sp³-hybridized carbons (Fsp3) is 0.562. The maximum atomic E-state index is 12.6. The number of halogens is 1. The second kappa shape index (κ2) is 5.28. The lowest BCUT2D eigenvalue weighted by Gasteiger charge is -2.32. The van der Waals surface area contributed by atoms with Crippen LogP contribution in [0.25, 0.3) is 0 Å². The Morgan fingerprint density at radius 3 is 2.89 bits per heavy atom. The van der Waals surface area contributed by atoms with Gasteiger partial charge in [0, 0.05) is 23.5 Å². The lowest BCUT2D eigenvalue weighted by atomic mass is 9.97. The molecule has 0 aromatic heterocycles. The summed E-state index contributed by atoms with van der Waals surface area (Å²) in [4.78, 5) is 14.7. The van der Waals surface area contributed by atoms with Gasteiger partial charge in [-0.3, -0.25) is 4.79 Å². The van der Waals surface area contributed by atoms with Crippen LogP contribution in [0.5, 0.6) is 0 Å². The lowest BCUT2D eigenvalue weighted by molar-refractivity contribution is -0.136. The third-order valence-corrected chi connectivity index (χ3v) is 4.91. The first-order valence-electron chi connectivity index (χ1n) is 7.19. The minimum atomic E-state index is 0.176. The van der Waals surface area contributed by atoms with Crippen molar-refractivity contribution in [3.05, 3.63) is 33.8 Å². The van der Waals surface area contributed by atoms with Gasteiger partial charge in [-0.1, -0.05) is 28.9 Å². The number of rotatable bonds is 1. The van der Waals surface area contributed by atoms with Crippen LogP contribution in [0.1, 0.15) is 30.9 Å². The molecule has 1 aliphatic heterocycles. The van der Waals surface area contributed by atoms with Crippen molar-refractivity contribution >= 4 is 21.8 Å². The van der Waals surface area contributed by atoms with E-state index in [2.05, 4.69) is 46.0 Å². The summed E-state index contributed by atoms with van der Waals surface area (Å²) >= 11 is 3.51. The normalized spacial score (nSPS) is 26.3. The van der Waals surface area contributed by atoms with Gasteiger partial charge >= 0.3 is 0 Å². The summed E-state index contributed by atoms with van der Waals surface area (Å²) in [6, 6.07) is 6.40. The Bertz CT molecular complexity index is 500. The molecule has 2 unspecified atom stereocenters. The van der Waals surface area contributed by atoms with E-state index >= 15 is 0 Å². The van der Waals surface area contributed by atoms with E-state index in [1.54, 1.807) is 0 Å². The highest BCUT2D eigenvalue weighted by atomic mass is 79.9. The van der Waals surface area contributed by atoms with Gasteiger partial charge in [0.1, 0.15) is 0 Å². The van der Waals surface area contributed by atoms with E-state index in [1.807, 2.05) is 0 Å². The van der Waals surface area contributed by atoms with Gasteiger partial charge in [-0.05, 0) is 54.9 Å². The molecule has 1 saturated heterocycles. The minimum Gasteiger partial charge on any atom is -0.342 e. The van der Waals surface area contributed by atoms with E-state index < -0.39 is 0 Å². The molecule has 3 heteroatoms. The first-order valence-corrected chi connectivity index (χ1v) is 7.99. The van der Waals surface area contributed by atoms with Gasteiger partial charge in [-0.15, -0.1) is 0 Å². The molecule has 1 aromatic carbocycles. The summed E-state index contributed by atoms with van der Waals surface area (Å²) in [6.07, 6.45) is 4.27. The fourth-order valence-electron chi connectivity index (χ4n) is 3.41. The first-order chi connectivity index (χ1) is 9.13. The summed E-state index contributed by atoms with van der Waals surface area (Å²) in [5.41, 5.74) is 2.70. The van der Waals surface area contributed by atoms with Crippen LogP contribution in [0.4, 0.5) is 0 Å². The third-order valence-electron chi connectivity index (χ3n) is 4.42. The second-order valence-corrected chi connectivity index (χ2v) is 6.97. The summed E-state index contributed by atoms with van der Waals surface area (Å²) < 4.78 is 1.12. The fourth-order valence-corrected chi connectivity index (χ4v) is 3.82. The smallest absolute Gasteiger partial charge is 0.226 e. The summed E-state index contributed by atoms with van der Waals surface area (Å²) in [5, 5.41) is 0. The predicted molar refractivity (Wildman–Crippen MR) is 80.0 cm³/mol. The van der Waals surface area contributed by atoms with Crippen molar-refractivity contribution in [2.75, 3.05) is 13.1 Å². The van der Waals surface area contributed by atoms with Crippen LogP contribution in [0.15, 0.2) is 22.7 Å². The van der Waals surface area contributed by atoms with Crippen molar-refractivity contribution in [3.8, 4) is 0 Å². The van der Waals surface area contributed by atoms with Gasteiger partial charge in [0.2, 0.25) is 5.91 Å². The molecule has 2 nitrogen and oxygen atoms in total. The van der Waals surface area contributed by atoms with Crippen molar-refractivity contribution in [2.45, 2.75) is 32.6 Å². The number of fused-ring (bicyclic) bond motifs is 1. The zero-order valence-corrected chi connectivity index (χ0v) is 12.9. The molecule has 0 spiro atoms. The Labute approximate surface area is 123 Å². The van der Waals surface area contributed by atoms with Crippen LogP contribution < -0.4 is 0 Å². The standard InChI is InChI=1S/C16H20BrNO/c1-11-3-2-6-18(10-11)16(19)14-7-12-4-5-15(17)9-13(12)8-14/h4-5,9,11,14H,2-3,6-8,10H2,1H3. The van der Waals surface area contributed by atoms with Gasteiger partial charge in [0.25, 0.3) is 0 Å². The Balaban J connectivity index is 1.70. The molecule has 1 aliphatic carbocycles. The summed E-state index contributed by atoms with van der Waals surface area (Å²) in [5.74, 6) is 1.21. The van der Waals surface area contributed by atoms with E-state index in [-0.39, 0.29) is 5.92 Å². The molecule has 0 saturated carbocycles. The van der Waals surface area contributed by atoms with E-state index in [9.17, 15) is 4.79 Å². The van der Waals surface area contributed by atoms with Crippen LogP contribution in [-0.2, 0) is 17.6 Å². The number of benzene rings is 1. The Kier molecular flexibility index (Phi) is 3.66. The average Bonchev–Trinajstić information content (AvgIpc) is 2.80. The van der Waals surface area contributed by atoms with E-state index in [0.717, 1.165) is 36.8 Å². The molecule has 2 atom stereocenters. The van der Waals surface area contributed by atoms with E-state index in [4.69, 9.17) is 0 Å². The number of nitrogens with zero attached hydrogens (tertiary/aromatic N) is 1. The number of carbonyl (C=O) groups excluding carboxylic acids is 1. The number of hydrogen-bond acceptors (Lipinski definition) is 1. The molecule has 0 radical (unpaired) electrons. The maximum Gasteiger partial charge on any atom is 0.226 e. The third kappa shape index (κ3) is 2.71. The van der Waals surface area contributed by atoms with Gasteiger partial charge in [-0.2, -0.15) is 0 Å². The number of likely N-dealkylation sites (tertiary alicyclic amines) is 1. The molecule has 1 amide bonds. The minimum absolute atomic E-state index is 0.176. The topological polar surface area (TPSA) is 20.3 Å². The monoisotopic (exact) mass is 321 g/mol. The zero-order chi connectivity index (χ0) is 13.4. The number of amides is 1. The van der Waals surface area contributed by atoms with Gasteiger partial charge in [0.15, 0.2) is 0 Å². The summed E-state index contributed by atoms with van der Waals surface area (Å²) in [7, 11) is 0. The van der Waals surface area contributed by atoms with Crippen LogP contribution >= 0.6 is 15.9 Å². The molecule has 0 N–H and O–H groups in total. The SMILES string of the molecule is CC1CCCN(C(=O)C2Cc3ccc(Br)cc3C2)C1. The Morgan fingerprint density at radius 2 is 2.11 bits per heavy atom. The number of hydrogen-bond donors (Lipinski definition) is 0. The van der Waals surface area contributed by atoms with Crippen LogP contribution in [0, 0.1) is 11.8 Å². The predicted octanol–water partition coefficient (Wildman–Crippen LogP) is 3.42. The van der Waals surface area contributed by atoms with Crippen molar-refractivity contribution in [1.29, 1.82) is 0 Å². The molecule has 3 rings (SSSR count). The molecular formula is C16H20BrNO. The van der Waals surface area contributed by atoms with Crippen molar-refractivity contribution < 1.29 is 4.79 Å². The quantitative estimate of drug-likeness (QED) is 0.776. The van der Waals surface area contributed by atoms with Gasteiger partial charge < -0.3 is 4.90 Å². The summed E-state index contributed by atoms with van der Waals surface area (Å²) in [6.45, 7) is 4.16. The lowest BCUT2D eigenvalue weighted by Crippen LogP contribution is -2.42. The van der Waals surface area contributed by atoms with Gasteiger partial charge in [0.05, 0.1) is 0 Å². The molecular weight excluding hydrogens is 302 g/mol. The zero-order valence-electron chi connectivity index (χ0n) is 11.4. The molecule has 2 aliphatic rings. The highest BCUT2D eigenvalue weighted by Gasteiger charge is 2.32. The van der Waals surface area contributed by atoms with Crippen molar-refractivity contribution in [3.63, 3.8) is 0 Å². The van der Waals surface area contributed by atoms with Crippen molar-refractivity contribution in [1.82, 2.24) is 4.90 Å². The highest BCUT2D eigenvalue weighted by molar-refractivity contribution is 9.10. The maximum absolute atomic E-state index is 12.6. The molecule has 1 aromatic rings. The second-order valence-electron chi connectivity index (χ2n) is 6.05. The van der Waals surface area contributed by atoms with E-state index in [0.29, 0.717) is 11.8 Å². The molecule has 19 heavy (non-hydrogen) atoms. The number of piperidine rings is 1. The molecule has 1 heterocycles. The largest absolute Gasteiger partial charge is 0.342 e. The number of carbonyl (C=O) groups is 1. The van der Waals surface area contributed by atoms with Crippen LogP contribution in [-0.4, -0.2) is 23.9 Å². The van der Waals surface area contributed by atoms with Crippen molar-refractivity contribution in [2.24, 2.45) is 11.8 Å². The van der Waals surface area contributed by atoms with Gasteiger partial charge in [-0.25, -0.2) is 0 Å². The van der Waals surface area contributed by atoms with E-state index in [1.165, 1.54) is 17.5 Å². The molecule has 102 valence electrons. The van der Waals surface area contributed by atoms with Crippen LogP contribution in [0.3, 0.4) is 0 Å². The average molecular weight is 322 g/mol. The Hall–Kier alpha value is -0.830. The van der Waals surface area contributed by atoms with Crippen LogP contribution in [0.2, 0.25) is 0 Å². The Morgan fingerprint density at radius 1 is 1.32 bits per heavy atom. The highest BCUT2D eigenvalue weighted by Crippen LogP contribution is 2.31. The first kappa shape index (κ1) is 13.2. The molecule has 1 fully saturated rings.